The van der Waals surface area contributed by atoms with Crippen molar-refractivity contribution in [2.24, 2.45) is 0 Å². The van der Waals surface area contributed by atoms with Crippen LogP contribution in [0.2, 0.25) is 0 Å². The Labute approximate surface area is 120 Å². The number of hydrogen-bond acceptors (Lipinski definition) is 4. The molecule has 5 nitrogen and oxygen atoms in total. The Hall–Kier alpha value is -1.43. The smallest absolute Gasteiger partial charge is 0.238 e. The highest BCUT2D eigenvalue weighted by atomic mass is 16.2. The highest BCUT2D eigenvalue weighted by Gasteiger charge is 2.21. The first-order valence-electron chi connectivity index (χ1n) is 7.18. The second-order valence-corrected chi connectivity index (χ2v) is 5.03. The van der Waals surface area contributed by atoms with E-state index < -0.39 is 0 Å². The lowest BCUT2D eigenvalue weighted by atomic mass is 10.1. The van der Waals surface area contributed by atoms with Gasteiger partial charge in [0.25, 0.3) is 0 Å². The zero-order valence-electron chi connectivity index (χ0n) is 12.0. The van der Waals surface area contributed by atoms with Gasteiger partial charge < -0.3 is 10.4 Å². The summed E-state index contributed by atoms with van der Waals surface area (Å²) in [5, 5.41) is 16.0. The zero-order chi connectivity index (χ0) is 14.4. The Morgan fingerprint density at radius 1 is 1.30 bits per heavy atom. The lowest BCUT2D eigenvalue weighted by Crippen LogP contribution is -2.54. The van der Waals surface area contributed by atoms with Gasteiger partial charge in [0.15, 0.2) is 0 Å². The van der Waals surface area contributed by atoms with Crippen molar-refractivity contribution in [2.75, 3.05) is 37.8 Å². The summed E-state index contributed by atoms with van der Waals surface area (Å²) in [6, 6.07) is 8.03. The van der Waals surface area contributed by atoms with E-state index in [-0.39, 0.29) is 12.5 Å². The lowest BCUT2D eigenvalue weighted by Gasteiger charge is -2.37. The molecule has 0 aromatic heterocycles. The Morgan fingerprint density at radius 2 is 1.95 bits per heavy atom. The number of aryl methyl sites for hydroxylation is 1. The number of anilines is 1. The number of hydrogen-bond donors (Lipinski definition) is 2. The summed E-state index contributed by atoms with van der Waals surface area (Å²) in [4.78, 5) is 11.9. The SMILES string of the molecule is CC(=O)N(c1ccc(CCCO)cc1)N1CCNCC1. The monoisotopic (exact) mass is 277 g/mol. The zero-order valence-corrected chi connectivity index (χ0v) is 12.0. The number of hydrazine groups is 1. The molecule has 110 valence electrons. The van der Waals surface area contributed by atoms with Crippen LogP contribution in [0, 0.1) is 0 Å². The molecule has 0 spiro atoms. The Balaban J connectivity index is 2.10. The van der Waals surface area contributed by atoms with E-state index in [4.69, 9.17) is 5.11 Å². The molecule has 0 unspecified atom stereocenters. The molecule has 2 N–H and O–H groups in total. The summed E-state index contributed by atoms with van der Waals surface area (Å²) in [5.74, 6) is 0.0370. The van der Waals surface area contributed by atoms with E-state index in [0.717, 1.165) is 44.7 Å². The molecule has 0 atom stereocenters. The van der Waals surface area contributed by atoms with Gasteiger partial charge in [-0.2, -0.15) is 0 Å². The fourth-order valence-corrected chi connectivity index (χ4v) is 2.48. The molecule has 1 aliphatic heterocycles. The predicted octanol–water partition coefficient (Wildman–Crippen LogP) is 0.785. The van der Waals surface area contributed by atoms with Crippen LogP contribution in [-0.4, -0.2) is 48.8 Å². The third-order valence-corrected chi connectivity index (χ3v) is 3.48. The number of benzene rings is 1. The maximum absolute atomic E-state index is 11.9. The number of carbonyl (C=O) groups is 1. The van der Waals surface area contributed by atoms with Crippen molar-refractivity contribution in [1.82, 2.24) is 10.3 Å². The molecule has 1 aliphatic rings. The van der Waals surface area contributed by atoms with E-state index >= 15 is 0 Å². The summed E-state index contributed by atoms with van der Waals surface area (Å²) in [6.07, 6.45) is 1.64. The fourth-order valence-electron chi connectivity index (χ4n) is 2.48. The molecule has 0 radical (unpaired) electrons. The molecule has 0 saturated carbocycles. The third kappa shape index (κ3) is 3.79. The predicted molar refractivity (Wildman–Crippen MR) is 79.5 cm³/mol. The minimum atomic E-state index is 0.0370. The van der Waals surface area contributed by atoms with E-state index in [9.17, 15) is 4.79 Å². The normalized spacial score (nSPS) is 16.1. The van der Waals surface area contributed by atoms with Gasteiger partial charge in [-0.3, -0.25) is 4.79 Å². The number of amides is 1. The molecule has 1 heterocycles. The van der Waals surface area contributed by atoms with Gasteiger partial charge >= 0.3 is 0 Å². The van der Waals surface area contributed by atoms with Crippen LogP contribution in [0.1, 0.15) is 18.9 Å². The van der Waals surface area contributed by atoms with Crippen LogP contribution in [0.4, 0.5) is 5.69 Å². The first-order chi connectivity index (χ1) is 9.72. The van der Waals surface area contributed by atoms with Gasteiger partial charge in [0.2, 0.25) is 5.91 Å². The number of aliphatic hydroxyl groups is 1. The fraction of sp³-hybridized carbons (Fsp3) is 0.533. The molecule has 1 aromatic rings. The number of piperazine rings is 1. The number of aliphatic hydroxyl groups excluding tert-OH is 1. The minimum absolute atomic E-state index is 0.0370. The molecule has 1 saturated heterocycles. The van der Waals surface area contributed by atoms with Gasteiger partial charge in [-0.15, -0.1) is 0 Å². The van der Waals surface area contributed by atoms with E-state index in [2.05, 4.69) is 10.3 Å². The molecule has 1 aromatic carbocycles. The van der Waals surface area contributed by atoms with E-state index in [1.54, 1.807) is 11.9 Å². The van der Waals surface area contributed by atoms with Crippen molar-refractivity contribution in [3.8, 4) is 0 Å². The summed E-state index contributed by atoms with van der Waals surface area (Å²) in [7, 11) is 0. The Morgan fingerprint density at radius 3 is 2.50 bits per heavy atom. The van der Waals surface area contributed by atoms with E-state index in [1.165, 1.54) is 5.56 Å². The highest BCUT2D eigenvalue weighted by molar-refractivity contribution is 5.90. The molecule has 5 heteroatoms. The van der Waals surface area contributed by atoms with E-state index in [1.807, 2.05) is 24.3 Å². The van der Waals surface area contributed by atoms with Gasteiger partial charge in [-0.25, -0.2) is 10.0 Å². The molecule has 0 aliphatic carbocycles. The third-order valence-electron chi connectivity index (χ3n) is 3.48. The van der Waals surface area contributed by atoms with Crippen molar-refractivity contribution in [3.05, 3.63) is 29.8 Å². The average Bonchev–Trinajstić information content (AvgIpc) is 2.47. The van der Waals surface area contributed by atoms with Crippen molar-refractivity contribution >= 4 is 11.6 Å². The summed E-state index contributed by atoms with van der Waals surface area (Å²) < 4.78 is 0. The molecule has 2 rings (SSSR count). The number of rotatable bonds is 5. The van der Waals surface area contributed by atoms with Crippen LogP contribution in [-0.2, 0) is 11.2 Å². The van der Waals surface area contributed by atoms with Crippen molar-refractivity contribution in [2.45, 2.75) is 19.8 Å². The van der Waals surface area contributed by atoms with Gasteiger partial charge in [-0.1, -0.05) is 12.1 Å². The summed E-state index contributed by atoms with van der Waals surface area (Å²) >= 11 is 0. The van der Waals surface area contributed by atoms with Gasteiger partial charge in [0.05, 0.1) is 5.69 Å². The summed E-state index contributed by atoms with van der Waals surface area (Å²) in [5.41, 5.74) is 2.10. The van der Waals surface area contributed by atoms with Crippen molar-refractivity contribution in [3.63, 3.8) is 0 Å². The van der Waals surface area contributed by atoms with Crippen LogP contribution in [0.15, 0.2) is 24.3 Å². The van der Waals surface area contributed by atoms with Crippen LogP contribution in [0.5, 0.6) is 0 Å². The second kappa shape index (κ2) is 7.38. The highest BCUT2D eigenvalue weighted by Crippen LogP contribution is 2.19. The largest absolute Gasteiger partial charge is 0.396 e. The van der Waals surface area contributed by atoms with Crippen LogP contribution < -0.4 is 10.3 Å². The first kappa shape index (κ1) is 15.0. The molecule has 1 amide bonds. The number of nitrogens with one attached hydrogen (secondary N) is 1. The molecule has 0 bridgehead atoms. The standard InChI is InChI=1S/C15H23N3O2/c1-13(20)18(17-10-8-16-9-11-17)15-6-4-14(5-7-15)3-2-12-19/h4-7,16,19H,2-3,8-12H2,1H3. The van der Waals surface area contributed by atoms with E-state index in [0.29, 0.717) is 0 Å². The van der Waals surface area contributed by atoms with Crippen LogP contribution in [0.3, 0.4) is 0 Å². The Bertz CT molecular complexity index is 427. The maximum atomic E-state index is 11.9. The van der Waals surface area contributed by atoms with Crippen molar-refractivity contribution in [1.29, 1.82) is 0 Å². The van der Waals surface area contributed by atoms with Crippen LogP contribution >= 0.6 is 0 Å². The van der Waals surface area contributed by atoms with Gasteiger partial charge in [-0.05, 0) is 30.5 Å². The Kier molecular flexibility index (Phi) is 5.52. The lowest BCUT2D eigenvalue weighted by molar-refractivity contribution is -0.119. The minimum Gasteiger partial charge on any atom is -0.396 e. The van der Waals surface area contributed by atoms with Crippen LogP contribution in [0.25, 0.3) is 0 Å². The molecule has 1 fully saturated rings. The van der Waals surface area contributed by atoms with Gasteiger partial charge in [0.1, 0.15) is 0 Å². The maximum Gasteiger partial charge on any atom is 0.238 e. The van der Waals surface area contributed by atoms with Gasteiger partial charge in [0, 0.05) is 39.7 Å². The summed E-state index contributed by atoms with van der Waals surface area (Å²) in [6.45, 7) is 5.29. The molecule has 20 heavy (non-hydrogen) atoms. The first-order valence-corrected chi connectivity index (χ1v) is 7.18. The quantitative estimate of drug-likeness (QED) is 0.835. The van der Waals surface area contributed by atoms with Crippen molar-refractivity contribution < 1.29 is 9.90 Å². The number of nitrogens with zero attached hydrogens (tertiary/aromatic N) is 2. The topological polar surface area (TPSA) is 55.8 Å². The molecular weight excluding hydrogens is 254 g/mol. The molecular formula is C15H23N3O2. The second-order valence-electron chi connectivity index (χ2n) is 5.03. The number of carbonyl (C=O) groups excluding carboxylic acids is 1. The average molecular weight is 277 g/mol.